The van der Waals surface area contributed by atoms with Crippen molar-refractivity contribution in [3.05, 3.63) is 18.1 Å². The van der Waals surface area contributed by atoms with Crippen LogP contribution < -0.4 is 4.90 Å². The number of rotatable bonds is 1. The summed E-state index contributed by atoms with van der Waals surface area (Å²) >= 11 is 0. The highest BCUT2D eigenvalue weighted by Crippen LogP contribution is 2.24. The van der Waals surface area contributed by atoms with Gasteiger partial charge in [-0.3, -0.25) is 0 Å². The van der Waals surface area contributed by atoms with Crippen molar-refractivity contribution in [1.29, 1.82) is 0 Å². The van der Waals surface area contributed by atoms with Crippen LogP contribution in [0.5, 0.6) is 0 Å². The topological polar surface area (TPSA) is 49.2 Å². The van der Waals surface area contributed by atoms with Crippen molar-refractivity contribution in [2.45, 2.75) is 38.7 Å². The van der Waals surface area contributed by atoms with E-state index in [1.807, 2.05) is 19.9 Å². The number of aliphatic hydroxyl groups is 1. The Hall–Kier alpha value is -1.16. The van der Waals surface area contributed by atoms with Gasteiger partial charge >= 0.3 is 0 Å². The molecule has 4 nitrogen and oxygen atoms in total. The lowest BCUT2D eigenvalue weighted by molar-refractivity contribution is 0.0481. The maximum Gasteiger partial charge on any atom is 0.132 e. The summed E-state index contributed by atoms with van der Waals surface area (Å²) < 4.78 is 0. The van der Waals surface area contributed by atoms with Gasteiger partial charge in [0.15, 0.2) is 0 Å². The largest absolute Gasteiger partial charge is 0.390 e. The number of hydrogen-bond donors (Lipinski definition) is 1. The van der Waals surface area contributed by atoms with Crippen LogP contribution in [0.15, 0.2) is 12.4 Å². The van der Waals surface area contributed by atoms with E-state index < -0.39 is 5.60 Å². The molecule has 0 amide bonds. The summed E-state index contributed by atoms with van der Waals surface area (Å²) in [6, 6.07) is 2.00. The molecule has 1 aliphatic rings. The molecule has 0 spiro atoms. The molecule has 1 fully saturated rings. The summed E-state index contributed by atoms with van der Waals surface area (Å²) in [5.74, 6) is 0.977. The van der Waals surface area contributed by atoms with Crippen molar-refractivity contribution in [3.8, 4) is 0 Å². The van der Waals surface area contributed by atoms with Gasteiger partial charge in [0.1, 0.15) is 12.1 Å². The van der Waals surface area contributed by atoms with Gasteiger partial charge < -0.3 is 10.0 Å². The number of aryl methyl sites for hydroxylation is 1. The molecule has 1 unspecified atom stereocenters. The highest BCUT2D eigenvalue weighted by atomic mass is 16.3. The van der Waals surface area contributed by atoms with E-state index in [0.29, 0.717) is 0 Å². The molecular weight excluding hydrogens is 202 g/mol. The normalized spacial score (nSPS) is 26.6. The van der Waals surface area contributed by atoms with Crippen LogP contribution in [0.1, 0.15) is 31.9 Å². The first-order valence-electron chi connectivity index (χ1n) is 5.83. The minimum atomic E-state index is -0.517. The molecule has 0 bridgehead atoms. The van der Waals surface area contributed by atoms with Crippen molar-refractivity contribution in [3.63, 3.8) is 0 Å². The third kappa shape index (κ3) is 2.70. The third-order valence-corrected chi connectivity index (χ3v) is 3.18. The van der Waals surface area contributed by atoms with Gasteiger partial charge in [0.05, 0.1) is 5.60 Å². The van der Waals surface area contributed by atoms with Gasteiger partial charge in [-0.05, 0) is 33.1 Å². The average molecular weight is 221 g/mol. The van der Waals surface area contributed by atoms with Gasteiger partial charge in [-0.15, -0.1) is 0 Å². The molecule has 0 radical (unpaired) electrons. The van der Waals surface area contributed by atoms with Crippen LogP contribution >= 0.6 is 0 Å². The van der Waals surface area contributed by atoms with Crippen LogP contribution in [0.4, 0.5) is 5.82 Å². The third-order valence-electron chi connectivity index (χ3n) is 3.18. The Morgan fingerprint density at radius 2 is 2.12 bits per heavy atom. The molecule has 88 valence electrons. The second-order valence-electron chi connectivity index (χ2n) is 4.86. The molecule has 1 aromatic rings. The summed E-state index contributed by atoms with van der Waals surface area (Å²) in [6.45, 7) is 5.72. The second-order valence-corrected chi connectivity index (χ2v) is 4.86. The number of aromatic nitrogens is 2. The van der Waals surface area contributed by atoms with Crippen LogP contribution in [0.25, 0.3) is 0 Å². The fraction of sp³-hybridized carbons (Fsp3) is 0.667. The summed E-state index contributed by atoms with van der Waals surface area (Å²) in [7, 11) is 0. The van der Waals surface area contributed by atoms with Gasteiger partial charge in [0, 0.05) is 24.8 Å². The van der Waals surface area contributed by atoms with Gasteiger partial charge in [0.25, 0.3) is 0 Å². The zero-order valence-electron chi connectivity index (χ0n) is 9.98. The molecule has 0 aromatic carbocycles. The lowest BCUT2D eigenvalue weighted by atomic mass is 9.98. The van der Waals surface area contributed by atoms with Crippen LogP contribution in [0.3, 0.4) is 0 Å². The number of anilines is 1. The highest BCUT2D eigenvalue weighted by Gasteiger charge is 2.25. The smallest absolute Gasteiger partial charge is 0.132 e. The van der Waals surface area contributed by atoms with Crippen LogP contribution in [0.2, 0.25) is 0 Å². The van der Waals surface area contributed by atoms with Crippen molar-refractivity contribution in [2.75, 3.05) is 18.0 Å². The Morgan fingerprint density at radius 1 is 1.31 bits per heavy atom. The molecule has 2 rings (SSSR count). The second kappa shape index (κ2) is 4.37. The monoisotopic (exact) mass is 221 g/mol. The summed E-state index contributed by atoms with van der Waals surface area (Å²) in [4.78, 5) is 10.6. The Kier molecular flexibility index (Phi) is 3.10. The lowest BCUT2D eigenvalue weighted by Gasteiger charge is -2.23. The molecule has 1 aliphatic heterocycles. The average Bonchev–Trinajstić information content (AvgIpc) is 2.39. The molecule has 1 atom stereocenters. The minimum Gasteiger partial charge on any atom is -0.390 e. The van der Waals surface area contributed by atoms with Gasteiger partial charge in [-0.25, -0.2) is 9.97 Å². The zero-order chi connectivity index (χ0) is 11.6. The predicted octanol–water partition coefficient (Wildman–Crippen LogP) is 1.53. The Balaban J connectivity index is 2.11. The van der Waals surface area contributed by atoms with Crippen molar-refractivity contribution in [2.24, 2.45) is 0 Å². The van der Waals surface area contributed by atoms with Gasteiger partial charge in [-0.2, -0.15) is 0 Å². The highest BCUT2D eigenvalue weighted by molar-refractivity contribution is 5.38. The number of nitrogens with zero attached hydrogens (tertiary/aromatic N) is 3. The SMILES string of the molecule is Cc1cc(N2CCCC(C)(O)CC2)ncn1. The van der Waals surface area contributed by atoms with E-state index in [9.17, 15) is 5.11 Å². The summed E-state index contributed by atoms with van der Waals surface area (Å²) in [5.41, 5.74) is 0.470. The van der Waals surface area contributed by atoms with Crippen LogP contribution in [-0.4, -0.2) is 33.8 Å². The van der Waals surface area contributed by atoms with Crippen molar-refractivity contribution in [1.82, 2.24) is 9.97 Å². The Labute approximate surface area is 96.3 Å². The molecule has 2 heterocycles. The molecule has 16 heavy (non-hydrogen) atoms. The van der Waals surface area contributed by atoms with E-state index in [0.717, 1.165) is 43.9 Å². The first kappa shape index (κ1) is 11.3. The maximum atomic E-state index is 10.0. The quantitative estimate of drug-likeness (QED) is 0.781. The number of hydrogen-bond acceptors (Lipinski definition) is 4. The van der Waals surface area contributed by atoms with E-state index in [1.165, 1.54) is 0 Å². The van der Waals surface area contributed by atoms with Crippen LogP contribution in [-0.2, 0) is 0 Å². The lowest BCUT2D eigenvalue weighted by Crippen LogP contribution is -2.28. The predicted molar refractivity (Wildman–Crippen MR) is 63.5 cm³/mol. The molecule has 0 aliphatic carbocycles. The van der Waals surface area contributed by atoms with E-state index in [2.05, 4.69) is 14.9 Å². The van der Waals surface area contributed by atoms with E-state index >= 15 is 0 Å². The first-order valence-corrected chi connectivity index (χ1v) is 5.83. The van der Waals surface area contributed by atoms with Gasteiger partial charge in [0.2, 0.25) is 0 Å². The van der Waals surface area contributed by atoms with E-state index in [1.54, 1.807) is 6.33 Å². The fourth-order valence-electron chi connectivity index (χ4n) is 2.11. The molecule has 1 aromatic heterocycles. The first-order chi connectivity index (χ1) is 7.57. The van der Waals surface area contributed by atoms with Gasteiger partial charge in [-0.1, -0.05) is 0 Å². The summed E-state index contributed by atoms with van der Waals surface area (Å²) in [5, 5.41) is 10.0. The summed E-state index contributed by atoms with van der Waals surface area (Å²) in [6.07, 6.45) is 4.29. The molecule has 1 saturated heterocycles. The minimum absolute atomic E-state index is 0.517. The molecule has 1 N–H and O–H groups in total. The Bertz CT molecular complexity index is 365. The molecular formula is C12H19N3O. The van der Waals surface area contributed by atoms with E-state index in [4.69, 9.17) is 0 Å². The standard InChI is InChI=1S/C12H19N3O/c1-10-8-11(14-9-13-10)15-6-3-4-12(2,16)5-7-15/h8-9,16H,3-7H2,1-2H3. The molecule has 4 heteroatoms. The maximum absolute atomic E-state index is 10.0. The van der Waals surface area contributed by atoms with Crippen molar-refractivity contribution < 1.29 is 5.11 Å². The fourth-order valence-corrected chi connectivity index (χ4v) is 2.11. The van der Waals surface area contributed by atoms with E-state index in [-0.39, 0.29) is 0 Å². The van der Waals surface area contributed by atoms with Crippen LogP contribution in [0, 0.1) is 6.92 Å². The Morgan fingerprint density at radius 3 is 2.88 bits per heavy atom. The van der Waals surface area contributed by atoms with Crippen molar-refractivity contribution >= 4 is 5.82 Å². The molecule has 0 saturated carbocycles. The zero-order valence-corrected chi connectivity index (χ0v) is 9.98.